The molecule has 1 aromatic heterocycles. The lowest BCUT2D eigenvalue weighted by atomic mass is 10.0. The maximum Gasteiger partial charge on any atom is 0.272 e. The van der Waals surface area contributed by atoms with E-state index >= 15 is 0 Å². The number of nitrogens with two attached hydrogens (primary N) is 1. The SMILES string of the molecule is CC(C)C(N)CCN(C)C(=O)c1ccc(Cl)cn1.Cl.Cl. The highest BCUT2D eigenvalue weighted by Crippen LogP contribution is 2.09. The molecule has 1 aromatic rings. The van der Waals surface area contributed by atoms with E-state index in [0.717, 1.165) is 6.42 Å². The van der Waals surface area contributed by atoms with E-state index < -0.39 is 0 Å². The Hall–Kier alpha value is -0.550. The minimum absolute atomic E-state index is 0. The van der Waals surface area contributed by atoms with Crippen molar-refractivity contribution in [3.05, 3.63) is 29.0 Å². The van der Waals surface area contributed by atoms with E-state index in [1.54, 1.807) is 24.1 Å². The van der Waals surface area contributed by atoms with Gasteiger partial charge in [0.15, 0.2) is 0 Å². The molecule has 1 rings (SSSR count). The van der Waals surface area contributed by atoms with Gasteiger partial charge in [-0.3, -0.25) is 4.79 Å². The van der Waals surface area contributed by atoms with Crippen molar-refractivity contribution in [2.75, 3.05) is 13.6 Å². The van der Waals surface area contributed by atoms with E-state index in [9.17, 15) is 4.79 Å². The number of halogens is 3. The summed E-state index contributed by atoms with van der Waals surface area (Å²) in [5.41, 5.74) is 6.36. The lowest BCUT2D eigenvalue weighted by Crippen LogP contribution is -2.34. The average molecular weight is 343 g/mol. The minimum atomic E-state index is -0.109. The van der Waals surface area contributed by atoms with Crippen LogP contribution in [0, 0.1) is 5.92 Å². The Labute approximate surface area is 137 Å². The van der Waals surface area contributed by atoms with Crippen molar-refractivity contribution < 1.29 is 4.79 Å². The second-order valence-electron chi connectivity index (χ2n) is 4.78. The monoisotopic (exact) mass is 341 g/mol. The van der Waals surface area contributed by atoms with Gasteiger partial charge in [0.1, 0.15) is 5.69 Å². The smallest absolute Gasteiger partial charge is 0.272 e. The average Bonchev–Trinajstić information content (AvgIpc) is 2.35. The number of hydrogen-bond acceptors (Lipinski definition) is 3. The Morgan fingerprint density at radius 1 is 1.40 bits per heavy atom. The Kier molecular flexibility index (Phi) is 11.1. The van der Waals surface area contributed by atoms with Crippen LogP contribution in [0.5, 0.6) is 0 Å². The van der Waals surface area contributed by atoms with E-state index in [2.05, 4.69) is 18.8 Å². The van der Waals surface area contributed by atoms with Gasteiger partial charge in [0.2, 0.25) is 0 Å². The van der Waals surface area contributed by atoms with Crippen molar-refractivity contribution >= 4 is 42.3 Å². The summed E-state index contributed by atoms with van der Waals surface area (Å²) in [7, 11) is 1.76. The van der Waals surface area contributed by atoms with Crippen LogP contribution in [0.1, 0.15) is 30.8 Å². The third-order valence-electron chi connectivity index (χ3n) is 2.95. The van der Waals surface area contributed by atoms with Crippen molar-refractivity contribution in [3.8, 4) is 0 Å². The van der Waals surface area contributed by atoms with Crippen molar-refractivity contribution in [1.82, 2.24) is 9.88 Å². The van der Waals surface area contributed by atoms with Gasteiger partial charge in [0.25, 0.3) is 5.91 Å². The van der Waals surface area contributed by atoms with Crippen LogP contribution in [0.4, 0.5) is 0 Å². The first kappa shape index (κ1) is 21.7. The largest absolute Gasteiger partial charge is 0.340 e. The summed E-state index contributed by atoms with van der Waals surface area (Å²) < 4.78 is 0. The summed E-state index contributed by atoms with van der Waals surface area (Å²) in [4.78, 5) is 17.7. The summed E-state index contributed by atoms with van der Waals surface area (Å²) in [6, 6.07) is 3.40. The first-order valence-electron chi connectivity index (χ1n) is 6.04. The van der Waals surface area contributed by atoms with Gasteiger partial charge in [-0.15, -0.1) is 24.8 Å². The van der Waals surface area contributed by atoms with E-state index in [1.807, 2.05) is 0 Å². The van der Waals surface area contributed by atoms with Crippen molar-refractivity contribution in [1.29, 1.82) is 0 Å². The van der Waals surface area contributed by atoms with Gasteiger partial charge >= 0.3 is 0 Å². The summed E-state index contributed by atoms with van der Waals surface area (Å²) >= 11 is 5.73. The molecule has 0 aliphatic carbocycles. The van der Waals surface area contributed by atoms with Gasteiger partial charge in [-0.05, 0) is 24.5 Å². The summed E-state index contributed by atoms with van der Waals surface area (Å²) in [5.74, 6) is 0.310. The first-order valence-corrected chi connectivity index (χ1v) is 6.42. The molecule has 2 N–H and O–H groups in total. The third kappa shape index (κ3) is 6.75. The molecule has 0 aliphatic rings. The number of nitrogens with zero attached hydrogens (tertiary/aromatic N) is 2. The van der Waals surface area contributed by atoms with Gasteiger partial charge in [-0.2, -0.15) is 0 Å². The molecule has 4 nitrogen and oxygen atoms in total. The minimum Gasteiger partial charge on any atom is -0.340 e. The predicted octanol–water partition coefficient (Wildman–Crippen LogP) is 3.02. The maximum absolute atomic E-state index is 12.0. The van der Waals surface area contributed by atoms with Crippen molar-refractivity contribution in [2.24, 2.45) is 11.7 Å². The number of rotatable bonds is 5. The van der Waals surface area contributed by atoms with Crippen LogP contribution in [0.25, 0.3) is 0 Å². The zero-order chi connectivity index (χ0) is 13.7. The molecule has 0 aliphatic heterocycles. The molecule has 0 saturated heterocycles. The zero-order valence-electron chi connectivity index (χ0n) is 11.9. The van der Waals surface area contributed by atoms with E-state index in [1.165, 1.54) is 6.20 Å². The van der Waals surface area contributed by atoms with Gasteiger partial charge in [-0.1, -0.05) is 25.4 Å². The molecule has 7 heteroatoms. The number of hydrogen-bond donors (Lipinski definition) is 1. The van der Waals surface area contributed by atoms with E-state index in [-0.39, 0.29) is 36.8 Å². The quantitative estimate of drug-likeness (QED) is 0.894. The zero-order valence-corrected chi connectivity index (χ0v) is 14.3. The number of aromatic nitrogens is 1. The van der Waals surface area contributed by atoms with E-state index in [4.69, 9.17) is 17.3 Å². The number of carbonyl (C=O) groups excluding carboxylic acids is 1. The maximum atomic E-state index is 12.0. The molecule has 0 saturated carbocycles. The summed E-state index contributed by atoms with van der Waals surface area (Å²) in [5, 5.41) is 0.524. The standard InChI is InChI=1S/C13H20ClN3O.2ClH/c1-9(2)11(15)6-7-17(3)13(18)12-5-4-10(14)8-16-12;;/h4-5,8-9,11H,6-7,15H2,1-3H3;2*1H. The van der Waals surface area contributed by atoms with Gasteiger partial charge in [0, 0.05) is 25.8 Å². The summed E-state index contributed by atoms with van der Waals surface area (Å²) in [6.45, 7) is 4.78. The fraction of sp³-hybridized carbons (Fsp3) is 0.538. The second-order valence-corrected chi connectivity index (χ2v) is 5.22. The molecule has 0 fully saturated rings. The van der Waals surface area contributed by atoms with Gasteiger partial charge in [0.05, 0.1) is 5.02 Å². The lowest BCUT2D eigenvalue weighted by Gasteiger charge is -2.21. The lowest BCUT2D eigenvalue weighted by molar-refractivity contribution is 0.0783. The fourth-order valence-electron chi connectivity index (χ4n) is 1.48. The van der Waals surface area contributed by atoms with Crippen LogP contribution >= 0.6 is 36.4 Å². The molecule has 0 bridgehead atoms. The number of pyridine rings is 1. The molecule has 1 heterocycles. The molecule has 0 aromatic carbocycles. The highest BCUT2D eigenvalue weighted by molar-refractivity contribution is 6.30. The van der Waals surface area contributed by atoms with Crippen LogP contribution in [0.3, 0.4) is 0 Å². The molecular weight excluding hydrogens is 321 g/mol. The van der Waals surface area contributed by atoms with Crippen molar-refractivity contribution in [3.63, 3.8) is 0 Å². The van der Waals surface area contributed by atoms with Crippen molar-refractivity contribution in [2.45, 2.75) is 26.3 Å². The second kappa shape index (κ2) is 10.2. The molecule has 20 heavy (non-hydrogen) atoms. The molecule has 0 spiro atoms. The third-order valence-corrected chi connectivity index (χ3v) is 3.17. The summed E-state index contributed by atoms with van der Waals surface area (Å²) in [6.07, 6.45) is 2.26. The Morgan fingerprint density at radius 3 is 2.45 bits per heavy atom. The molecular formula is C13H22Cl3N3O. The van der Waals surface area contributed by atoms with Crippen LogP contribution in [-0.4, -0.2) is 35.4 Å². The van der Waals surface area contributed by atoms with Crippen LogP contribution in [-0.2, 0) is 0 Å². The molecule has 1 unspecified atom stereocenters. The molecule has 1 amide bonds. The molecule has 116 valence electrons. The number of carbonyl (C=O) groups is 1. The Balaban J connectivity index is 0. The highest BCUT2D eigenvalue weighted by Gasteiger charge is 2.15. The molecule has 0 radical (unpaired) electrons. The van der Waals surface area contributed by atoms with Crippen LogP contribution < -0.4 is 5.73 Å². The molecule has 1 atom stereocenters. The van der Waals surface area contributed by atoms with Gasteiger partial charge in [-0.25, -0.2) is 4.98 Å². The topological polar surface area (TPSA) is 59.2 Å². The van der Waals surface area contributed by atoms with E-state index in [0.29, 0.717) is 23.2 Å². The van der Waals surface area contributed by atoms with Crippen LogP contribution in [0.15, 0.2) is 18.3 Å². The highest BCUT2D eigenvalue weighted by atomic mass is 35.5. The van der Waals surface area contributed by atoms with Crippen LogP contribution in [0.2, 0.25) is 5.02 Å². The predicted molar refractivity (Wildman–Crippen MR) is 88.1 cm³/mol. The first-order chi connectivity index (χ1) is 8.41. The van der Waals surface area contributed by atoms with Gasteiger partial charge < -0.3 is 10.6 Å². The Morgan fingerprint density at radius 2 is 2.00 bits per heavy atom. The normalized spacial score (nSPS) is 11.3. The Bertz CT molecular complexity index is 398. The fourth-order valence-corrected chi connectivity index (χ4v) is 1.59. The number of amides is 1.